The van der Waals surface area contributed by atoms with Gasteiger partial charge >= 0.3 is 5.97 Å². The minimum absolute atomic E-state index is 0.204. The maximum atomic E-state index is 10.9. The van der Waals surface area contributed by atoms with E-state index in [-0.39, 0.29) is 5.92 Å². The zero-order valence-electron chi connectivity index (χ0n) is 10.3. The molecule has 2 heterocycles. The Morgan fingerprint density at radius 1 is 1.41 bits per heavy atom. The molecule has 1 N–H and O–H groups in total. The highest BCUT2D eigenvalue weighted by Crippen LogP contribution is 2.22. The van der Waals surface area contributed by atoms with E-state index < -0.39 is 5.97 Å². The summed E-state index contributed by atoms with van der Waals surface area (Å²) in [6, 6.07) is 0. The number of piperidine rings is 1. The molecule has 0 spiro atoms. The number of carboxylic acid groups (broad SMARTS) is 1. The molecule has 1 aliphatic rings. The average molecular weight is 238 g/mol. The Balaban J connectivity index is 2.05. The summed E-state index contributed by atoms with van der Waals surface area (Å²) in [6.07, 6.45) is 2.22. The maximum Gasteiger partial charge on any atom is 0.306 e. The van der Waals surface area contributed by atoms with E-state index in [1.165, 1.54) is 0 Å². The van der Waals surface area contributed by atoms with Crippen LogP contribution in [0.3, 0.4) is 0 Å². The molecule has 0 bridgehead atoms. The van der Waals surface area contributed by atoms with Crippen molar-refractivity contribution in [3.8, 4) is 0 Å². The molecule has 1 aromatic heterocycles. The number of nitrogens with zero attached hydrogens (tertiary/aromatic N) is 4. The van der Waals surface area contributed by atoms with Crippen molar-refractivity contribution in [1.29, 1.82) is 0 Å². The molecule has 0 aliphatic carbocycles. The summed E-state index contributed by atoms with van der Waals surface area (Å²) < 4.78 is 1.99. The van der Waals surface area contributed by atoms with Gasteiger partial charge in [0, 0.05) is 26.6 Å². The molecular formula is C11H18N4O2. The third kappa shape index (κ3) is 2.25. The molecule has 0 radical (unpaired) electrons. The Morgan fingerprint density at radius 2 is 2.06 bits per heavy atom. The second kappa shape index (κ2) is 4.73. The fourth-order valence-corrected chi connectivity index (χ4v) is 2.26. The molecule has 17 heavy (non-hydrogen) atoms. The normalized spacial score (nSPS) is 17.4. The second-order valence-corrected chi connectivity index (χ2v) is 4.43. The van der Waals surface area contributed by atoms with E-state index >= 15 is 0 Å². The SMILES string of the molecule is CCc1nnc(N2CCC(C(=O)O)CC2)n1C. The van der Waals surface area contributed by atoms with Crippen LogP contribution in [0, 0.1) is 5.92 Å². The van der Waals surface area contributed by atoms with Gasteiger partial charge in [0.2, 0.25) is 5.95 Å². The fourth-order valence-electron chi connectivity index (χ4n) is 2.26. The number of carboxylic acids is 1. The van der Waals surface area contributed by atoms with Gasteiger partial charge in [0.25, 0.3) is 0 Å². The van der Waals surface area contributed by atoms with Crippen molar-refractivity contribution in [2.45, 2.75) is 26.2 Å². The van der Waals surface area contributed by atoms with Crippen molar-refractivity contribution >= 4 is 11.9 Å². The molecule has 1 aliphatic heterocycles. The number of rotatable bonds is 3. The van der Waals surface area contributed by atoms with Crippen LogP contribution in [0.4, 0.5) is 5.95 Å². The summed E-state index contributed by atoms with van der Waals surface area (Å²) in [5.41, 5.74) is 0. The van der Waals surface area contributed by atoms with Crippen molar-refractivity contribution in [2.24, 2.45) is 13.0 Å². The van der Waals surface area contributed by atoms with Gasteiger partial charge in [-0.2, -0.15) is 0 Å². The lowest BCUT2D eigenvalue weighted by Gasteiger charge is -2.30. The number of aliphatic carboxylic acids is 1. The lowest BCUT2D eigenvalue weighted by molar-refractivity contribution is -0.142. The Bertz CT molecular complexity index is 408. The highest BCUT2D eigenvalue weighted by Gasteiger charge is 2.26. The standard InChI is InChI=1S/C11H18N4O2/c1-3-9-12-13-11(14(9)2)15-6-4-8(5-7-15)10(16)17/h8H,3-7H2,1-2H3,(H,16,17). The number of aromatic nitrogens is 3. The molecule has 6 nitrogen and oxygen atoms in total. The van der Waals surface area contributed by atoms with Crippen LogP contribution in [0.25, 0.3) is 0 Å². The quantitative estimate of drug-likeness (QED) is 0.838. The summed E-state index contributed by atoms with van der Waals surface area (Å²) in [7, 11) is 1.96. The third-order valence-electron chi connectivity index (χ3n) is 3.39. The summed E-state index contributed by atoms with van der Waals surface area (Å²) in [4.78, 5) is 13.0. The number of aryl methyl sites for hydroxylation is 1. The van der Waals surface area contributed by atoms with Gasteiger partial charge in [-0.05, 0) is 12.8 Å². The summed E-state index contributed by atoms with van der Waals surface area (Å²) in [6.45, 7) is 3.53. The molecule has 0 unspecified atom stereocenters. The lowest BCUT2D eigenvalue weighted by Crippen LogP contribution is -2.37. The van der Waals surface area contributed by atoms with Gasteiger partial charge in [-0.15, -0.1) is 10.2 Å². The van der Waals surface area contributed by atoms with Crippen molar-refractivity contribution in [1.82, 2.24) is 14.8 Å². The highest BCUT2D eigenvalue weighted by atomic mass is 16.4. The van der Waals surface area contributed by atoms with E-state index in [0.717, 1.165) is 31.3 Å². The first-order chi connectivity index (χ1) is 8.13. The van der Waals surface area contributed by atoms with Crippen LogP contribution < -0.4 is 4.90 Å². The van der Waals surface area contributed by atoms with Gasteiger partial charge in [0.05, 0.1) is 5.92 Å². The fraction of sp³-hybridized carbons (Fsp3) is 0.727. The van der Waals surface area contributed by atoms with Gasteiger partial charge in [-0.1, -0.05) is 6.92 Å². The molecule has 2 rings (SSSR count). The maximum absolute atomic E-state index is 10.9. The Kier molecular flexibility index (Phi) is 3.31. The predicted octanol–water partition coefficient (Wildman–Crippen LogP) is 0.678. The molecule has 0 aromatic carbocycles. The van der Waals surface area contributed by atoms with Crippen molar-refractivity contribution in [3.63, 3.8) is 0 Å². The van der Waals surface area contributed by atoms with Crippen LogP contribution in [-0.2, 0) is 18.3 Å². The Labute approximate surface area is 100 Å². The van der Waals surface area contributed by atoms with Crippen molar-refractivity contribution in [2.75, 3.05) is 18.0 Å². The van der Waals surface area contributed by atoms with Crippen LogP contribution in [0.1, 0.15) is 25.6 Å². The molecular weight excluding hydrogens is 220 g/mol. The molecule has 1 aromatic rings. The van der Waals surface area contributed by atoms with Gasteiger partial charge in [0.15, 0.2) is 0 Å². The highest BCUT2D eigenvalue weighted by molar-refractivity contribution is 5.70. The summed E-state index contributed by atoms with van der Waals surface area (Å²) in [5.74, 6) is 0.924. The zero-order chi connectivity index (χ0) is 12.4. The van der Waals surface area contributed by atoms with Gasteiger partial charge in [-0.3, -0.25) is 4.79 Å². The van der Waals surface area contributed by atoms with Crippen LogP contribution >= 0.6 is 0 Å². The first-order valence-corrected chi connectivity index (χ1v) is 5.99. The Morgan fingerprint density at radius 3 is 2.53 bits per heavy atom. The van der Waals surface area contributed by atoms with E-state index in [2.05, 4.69) is 15.1 Å². The second-order valence-electron chi connectivity index (χ2n) is 4.43. The number of hydrogen-bond acceptors (Lipinski definition) is 4. The van der Waals surface area contributed by atoms with Gasteiger partial charge < -0.3 is 14.6 Å². The van der Waals surface area contributed by atoms with E-state index in [9.17, 15) is 4.79 Å². The third-order valence-corrected chi connectivity index (χ3v) is 3.39. The molecule has 0 atom stereocenters. The van der Waals surface area contributed by atoms with Crippen LogP contribution in [0.5, 0.6) is 0 Å². The molecule has 0 saturated carbocycles. The number of carbonyl (C=O) groups is 1. The molecule has 0 amide bonds. The predicted molar refractivity (Wildman–Crippen MR) is 63.0 cm³/mol. The number of anilines is 1. The van der Waals surface area contributed by atoms with E-state index in [1.807, 2.05) is 18.5 Å². The van der Waals surface area contributed by atoms with Crippen molar-refractivity contribution in [3.05, 3.63) is 5.82 Å². The molecule has 94 valence electrons. The van der Waals surface area contributed by atoms with Gasteiger partial charge in [0.1, 0.15) is 5.82 Å². The number of hydrogen-bond donors (Lipinski definition) is 1. The first kappa shape index (κ1) is 11.9. The minimum Gasteiger partial charge on any atom is -0.481 e. The van der Waals surface area contributed by atoms with Gasteiger partial charge in [-0.25, -0.2) is 0 Å². The zero-order valence-corrected chi connectivity index (χ0v) is 10.3. The van der Waals surface area contributed by atoms with E-state index in [1.54, 1.807) is 0 Å². The summed E-state index contributed by atoms with van der Waals surface area (Å²) >= 11 is 0. The molecule has 1 saturated heterocycles. The van der Waals surface area contributed by atoms with E-state index in [0.29, 0.717) is 12.8 Å². The topological polar surface area (TPSA) is 71.2 Å². The van der Waals surface area contributed by atoms with Crippen LogP contribution in [0.2, 0.25) is 0 Å². The van der Waals surface area contributed by atoms with E-state index in [4.69, 9.17) is 5.11 Å². The molecule has 1 fully saturated rings. The average Bonchev–Trinajstić information content (AvgIpc) is 2.70. The van der Waals surface area contributed by atoms with Crippen LogP contribution in [-0.4, -0.2) is 38.9 Å². The van der Waals surface area contributed by atoms with Crippen LogP contribution in [0.15, 0.2) is 0 Å². The smallest absolute Gasteiger partial charge is 0.306 e. The monoisotopic (exact) mass is 238 g/mol. The largest absolute Gasteiger partial charge is 0.481 e. The first-order valence-electron chi connectivity index (χ1n) is 5.99. The molecule has 6 heteroatoms. The van der Waals surface area contributed by atoms with Crippen molar-refractivity contribution < 1.29 is 9.90 Å². The Hall–Kier alpha value is -1.59. The summed E-state index contributed by atoms with van der Waals surface area (Å²) in [5, 5.41) is 17.2. The minimum atomic E-state index is -0.683. The lowest BCUT2D eigenvalue weighted by atomic mass is 9.97.